The fourth-order valence-corrected chi connectivity index (χ4v) is 1.82. The maximum atomic E-state index is 11.7. The van der Waals surface area contributed by atoms with Crippen LogP contribution in [0.15, 0.2) is 36.7 Å². The topological polar surface area (TPSA) is 69.8 Å². The molecule has 0 radical (unpaired) electrons. The number of H-pyrrole nitrogens is 1. The Labute approximate surface area is 136 Å². The second kappa shape index (κ2) is 10.2. The number of rotatable bonds is 6. The van der Waals surface area contributed by atoms with E-state index in [4.69, 9.17) is 0 Å². The largest absolute Gasteiger partial charge is 0.345 e. The highest BCUT2D eigenvalue weighted by atomic mass is 35.5. The van der Waals surface area contributed by atoms with Crippen molar-refractivity contribution in [2.24, 2.45) is 0 Å². The number of nitrogens with zero attached hydrogens (tertiary/aromatic N) is 1. The molecule has 0 aliphatic carbocycles. The summed E-state index contributed by atoms with van der Waals surface area (Å²) in [4.78, 5) is 19.0. The van der Waals surface area contributed by atoms with Crippen molar-refractivity contribution in [2.45, 2.75) is 12.8 Å². The van der Waals surface area contributed by atoms with Gasteiger partial charge >= 0.3 is 0 Å². The average Bonchev–Trinajstić information content (AvgIpc) is 2.93. The molecule has 1 aromatic carbocycles. The van der Waals surface area contributed by atoms with E-state index < -0.39 is 0 Å². The minimum absolute atomic E-state index is 0. The number of aromatic nitrogens is 2. The lowest BCUT2D eigenvalue weighted by molar-refractivity contribution is -0.116. The van der Waals surface area contributed by atoms with Gasteiger partial charge in [-0.05, 0) is 32.1 Å². The molecule has 5 nitrogen and oxygen atoms in total. The normalized spacial score (nSPS) is 9.38. The number of nitrogens with one attached hydrogen (secondary N) is 3. The Balaban J connectivity index is 0.00000200. The van der Waals surface area contributed by atoms with Gasteiger partial charge in [0, 0.05) is 30.1 Å². The molecule has 21 heavy (non-hydrogen) atoms. The van der Waals surface area contributed by atoms with Gasteiger partial charge in [0.25, 0.3) is 0 Å². The molecule has 7 heteroatoms. The third-order valence-electron chi connectivity index (χ3n) is 2.75. The summed E-state index contributed by atoms with van der Waals surface area (Å²) in [5.74, 6) is 0.832. The molecule has 1 aromatic heterocycles. The van der Waals surface area contributed by atoms with Crippen LogP contribution in [-0.4, -0.2) is 29.5 Å². The minimum Gasteiger partial charge on any atom is -0.345 e. The van der Waals surface area contributed by atoms with E-state index in [2.05, 4.69) is 20.6 Å². The van der Waals surface area contributed by atoms with Crippen LogP contribution in [0.3, 0.4) is 0 Å². The quantitative estimate of drug-likeness (QED) is 0.713. The van der Waals surface area contributed by atoms with Crippen LogP contribution < -0.4 is 10.6 Å². The molecular formula is C14H20Cl2N4O. The average molecular weight is 331 g/mol. The second-order valence-electron chi connectivity index (χ2n) is 4.27. The van der Waals surface area contributed by atoms with Gasteiger partial charge in [-0.25, -0.2) is 4.98 Å². The molecule has 0 fully saturated rings. The summed E-state index contributed by atoms with van der Waals surface area (Å²) in [6.07, 6.45) is 4.84. The Bertz CT molecular complexity index is 532. The standard InChI is InChI=1S/C14H18N4O.2ClH/c1-15-7-3-6-13(19)18-12-5-2-4-11(10-12)14-16-8-9-17-14;;/h2,4-5,8-10,15H,3,6-7H2,1H3,(H,16,17)(H,18,19);2*1H. The Hall–Kier alpha value is -1.56. The molecule has 0 unspecified atom stereocenters. The highest BCUT2D eigenvalue weighted by molar-refractivity contribution is 5.91. The van der Waals surface area contributed by atoms with Crippen LogP contribution in [-0.2, 0) is 4.79 Å². The monoisotopic (exact) mass is 330 g/mol. The zero-order chi connectivity index (χ0) is 13.5. The molecule has 0 atom stereocenters. The first kappa shape index (κ1) is 19.4. The molecule has 2 rings (SSSR count). The third kappa shape index (κ3) is 6.16. The molecule has 116 valence electrons. The fourth-order valence-electron chi connectivity index (χ4n) is 1.82. The first-order chi connectivity index (χ1) is 9.29. The number of anilines is 1. The van der Waals surface area contributed by atoms with Crippen molar-refractivity contribution >= 4 is 36.4 Å². The number of aromatic amines is 1. The summed E-state index contributed by atoms with van der Waals surface area (Å²) >= 11 is 0. The van der Waals surface area contributed by atoms with Crippen LogP contribution in [0, 0.1) is 0 Å². The van der Waals surface area contributed by atoms with Crippen LogP contribution in [0.1, 0.15) is 12.8 Å². The van der Waals surface area contributed by atoms with Gasteiger partial charge in [0.05, 0.1) is 0 Å². The maximum absolute atomic E-state index is 11.7. The zero-order valence-electron chi connectivity index (χ0n) is 11.8. The first-order valence-electron chi connectivity index (χ1n) is 6.34. The molecule has 0 aliphatic rings. The van der Waals surface area contributed by atoms with Crippen LogP contribution >= 0.6 is 24.8 Å². The van der Waals surface area contributed by atoms with Gasteiger partial charge in [-0.3, -0.25) is 4.79 Å². The van der Waals surface area contributed by atoms with Crippen LogP contribution in [0.25, 0.3) is 11.4 Å². The Kier molecular flexibility index (Phi) is 9.45. The number of benzene rings is 1. The van der Waals surface area contributed by atoms with Crippen molar-refractivity contribution in [1.29, 1.82) is 0 Å². The molecule has 0 bridgehead atoms. The van der Waals surface area contributed by atoms with E-state index in [1.807, 2.05) is 31.3 Å². The van der Waals surface area contributed by atoms with Gasteiger partial charge in [-0.15, -0.1) is 24.8 Å². The number of hydrogen-bond donors (Lipinski definition) is 3. The van der Waals surface area contributed by atoms with Crippen LogP contribution in [0.2, 0.25) is 0 Å². The molecule has 0 saturated heterocycles. The summed E-state index contributed by atoms with van der Waals surface area (Å²) in [5, 5.41) is 5.92. The lowest BCUT2D eigenvalue weighted by atomic mass is 10.2. The second-order valence-corrected chi connectivity index (χ2v) is 4.27. The maximum Gasteiger partial charge on any atom is 0.224 e. The SMILES string of the molecule is CNCCCC(=O)Nc1cccc(-c2ncc[nH]2)c1.Cl.Cl. The number of carbonyl (C=O) groups excluding carboxylic acids is 1. The Morgan fingerprint density at radius 3 is 2.81 bits per heavy atom. The van der Waals surface area contributed by atoms with Gasteiger partial charge in [-0.2, -0.15) is 0 Å². The predicted octanol–water partition coefficient (Wildman–Crippen LogP) is 2.86. The van der Waals surface area contributed by atoms with Crippen molar-refractivity contribution in [2.75, 3.05) is 18.9 Å². The van der Waals surface area contributed by atoms with Crippen molar-refractivity contribution in [1.82, 2.24) is 15.3 Å². The van der Waals surface area contributed by atoms with Crippen molar-refractivity contribution in [3.8, 4) is 11.4 Å². The van der Waals surface area contributed by atoms with E-state index in [9.17, 15) is 4.79 Å². The van der Waals surface area contributed by atoms with Crippen LogP contribution in [0.4, 0.5) is 5.69 Å². The fraction of sp³-hybridized carbons (Fsp3) is 0.286. The lowest BCUT2D eigenvalue weighted by Crippen LogP contribution is -2.15. The summed E-state index contributed by atoms with van der Waals surface area (Å²) < 4.78 is 0. The third-order valence-corrected chi connectivity index (χ3v) is 2.75. The van der Waals surface area contributed by atoms with E-state index in [1.54, 1.807) is 12.4 Å². The van der Waals surface area contributed by atoms with Crippen molar-refractivity contribution in [3.63, 3.8) is 0 Å². The molecule has 2 aromatic rings. The smallest absolute Gasteiger partial charge is 0.224 e. The highest BCUT2D eigenvalue weighted by Gasteiger charge is 2.04. The lowest BCUT2D eigenvalue weighted by Gasteiger charge is -2.06. The number of carbonyl (C=O) groups is 1. The van der Waals surface area contributed by atoms with E-state index in [-0.39, 0.29) is 30.7 Å². The minimum atomic E-state index is 0. The Morgan fingerprint density at radius 1 is 1.33 bits per heavy atom. The molecular weight excluding hydrogens is 311 g/mol. The van der Waals surface area contributed by atoms with E-state index in [0.29, 0.717) is 6.42 Å². The number of halogens is 2. The van der Waals surface area contributed by atoms with Gasteiger partial charge in [0.15, 0.2) is 0 Å². The molecule has 3 N–H and O–H groups in total. The number of amides is 1. The molecule has 0 saturated carbocycles. The summed E-state index contributed by atoms with van der Waals surface area (Å²) in [6.45, 7) is 0.847. The highest BCUT2D eigenvalue weighted by Crippen LogP contribution is 2.19. The van der Waals surface area contributed by atoms with E-state index >= 15 is 0 Å². The van der Waals surface area contributed by atoms with Gasteiger partial charge in [0.2, 0.25) is 5.91 Å². The molecule has 0 spiro atoms. The molecule has 1 heterocycles. The zero-order valence-corrected chi connectivity index (χ0v) is 13.4. The summed E-state index contributed by atoms with van der Waals surface area (Å²) in [5.41, 5.74) is 1.75. The number of hydrogen-bond acceptors (Lipinski definition) is 3. The van der Waals surface area contributed by atoms with Gasteiger partial charge < -0.3 is 15.6 Å². The van der Waals surface area contributed by atoms with Gasteiger partial charge in [0.1, 0.15) is 5.82 Å². The van der Waals surface area contributed by atoms with Crippen LogP contribution in [0.5, 0.6) is 0 Å². The van der Waals surface area contributed by atoms with E-state index in [1.165, 1.54) is 0 Å². The first-order valence-corrected chi connectivity index (χ1v) is 6.34. The van der Waals surface area contributed by atoms with Crippen molar-refractivity contribution in [3.05, 3.63) is 36.7 Å². The number of imidazole rings is 1. The predicted molar refractivity (Wildman–Crippen MR) is 90.3 cm³/mol. The summed E-state index contributed by atoms with van der Waals surface area (Å²) in [7, 11) is 1.88. The molecule has 1 amide bonds. The van der Waals surface area contributed by atoms with Crippen molar-refractivity contribution < 1.29 is 4.79 Å². The summed E-state index contributed by atoms with van der Waals surface area (Å²) in [6, 6.07) is 7.65. The van der Waals surface area contributed by atoms with E-state index in [0.717, 1.165) is 30.0 Å². The molecule has 0 aliphatic heterocycles. The van der Waals surface area contributed by atoms with Gasteiger partial charge in [-0.1, -0.05) is 12.1 Å². The Morgan fingerprint density at radius 2 is 2.14 bits per heavy atom.